The number of nitrogens with one attached hydrogen (secondary N) is 1. The van der Waals surface area contributed by atoms with Gasteiger partial charge in [-0.15, -0.1) is 0 Å². The van der Waals surface area contributed by atoms with Gasteiger partial charge in [0.25, 0.3) is 11.6 Å². The molecule has 0 saturated carbocycles. The molecule has 3 heterocycles. The summed E-state index contributed by atoms with van der Waals surface area (Å²) in [4.78, 5) is 27.9. The van der Waals surface area contributed by atoms with E-state index in [-0.39, 0.29) is 28.6 Å². The van der Waals surface area contributed by atoms with E-state index in [1.165, 1.54) is 12.5 Å². The Morgan fingerprint density at radius 3 is 2.77 bits per heavy atom. The van der Waals surface area contributed by atoms with E-state index in [4.69, 9.17) is 4.42 Å². The molecule has 3 aromatic rings. The average Bonchev–Trinajstić information content (AvgIpc) is 3.30. The van der Waals surface area contributed by atoms with E-state index in [1.807, 2.05) is 36.2 Å². The van der Waals surface area contributed by atoms with Crippen LogP contribution in [-0.2, 0) is 0 Å². The summed E-state index contributed by atoms with van der Waals surface area (Å²) in [6, 6.07) is 14.9. The summed E-state index contributed by atoms with van der Waals surface area (Å²) in [5.41, 5.74) is 4.52. The maximum Gasteiger partial charge on any atom is 0.271 e. The average molecular weight is 418 g/mol. The van der Waals surface area contributed by atoms with Gasteiger partial charge in [-0.05, 0) is 36.6 Å². The van der Waals surface area contributed by atoms with Gasteiger partial charge in [0.05, 0.1) is 34.2 Å². The van der Waals surface area contributed by atoms with Gasteiger partial charge >= 0.3 is 0 Å². The van der Waals surface area contributed by atoms with Crippen LogP contribution in [0.3, 0.4) is 0 Å². The molecule has 0 aliphatic carbocycles. The molecule has 2 aliphatic rings. The third-order valence-electron chi connectivity index (χ3n) is 6.22. The number of para-hydroxylation sites is 1. The predicted molar refractivity (Wildman–Crippen MR) is 117 cm³/mol. The molecule has 2 aromatic carbocycles. The highest BCUT2D eigenvalue weighted by molar-refractivity contribution is 5.94. The second kappa shape index (κ2) is 7.46. The first-order valence-corrected chi connectivity index (χ1v) is 10.2. The van der Waals surface area contributed by atoms with Crippen molar-refractivity contribution in [2.45, 2.75) is 24.9 Å². The van der Waals surface area contributed by atoms with Crippen LogP contribution in [-0.4, -0.2) is 30.5 Å². The molecule has 1 fully saturated rings. The van der Waals surface area contributed by atoms with Gasteiger partial charge in [-0.25, -0.2) is 0 Å². The van der Waals surface area contributed by atoms with Crippen molar-refractivity contribution in [3.63, 3.8) is 0 Å². The number of piperidine rings is 1. The third kappa shape index (κ3) is 3.30. The van der Waals surface area contributed by atoms with Crippen LogP contribution >= 0.6 is 0 Å². The highest BCUT2D eigenvalue weighted by atomic mass is 16.6. The lowest BCUT2D eigenvalue weighted by molar-refractivity contribution is -0.384. The molecule has 2 aliphatic heterocycles. The summed E-state index contributed by atoms with van der Waals surface area (Å²) in [5.74, 6) is -0.137. The fourth-order valence-electron chi connectivity index (χ4n) is 4.68. The van der Waals surface area contributed by atoms with Gasteiger partial charge in [-0.1, -0.05) is 18.2 Å². The molecule has 1 saturated heterocycles. The Morgan fingerprint density at radius 1 is 1.16 bits per heavy atom. The Balaban J connectivity index is 1.52. The van der Waals surface area contributed by atoms with Crippen molar-refractivity contribution in [1.29, 1.82) is 0 Å². The summed E-state index contributed by atoms with van der Waals surface area (Å²) in [5, 5.41) is 14.5. The molecular formula is C23H22N4O4. The van der Waals surface area contributed by atoms with Gasteiger partial charge in [-0.3, -0.25) is 14.9 Å². The lowest BCUT2D eigenvalue weighted by atomic mass is 9.90. The number of furan rings is 1. The molecule has 5 rings (SSSR count). The Labute approximate surface area is 179 Å². The van der Waals surface area contributed by atoms with Gasteiger partial charge < -0.3 is 19.5 Å². The van der Waals surface area contributed by atoms with Crippen LogP contribution in [0.4, 0.5) is 22.7 Å². The van der Waals surface area contributed by atoms with Crippen molar-refractivity contribution in [2.75, 3.05) is 23.4 Å². The van der Waals surface area contributed by atoms with E-state index in [0.29, 0.717) is 5.56 Å². The van der Waals surface area contributed by atoms with E-state index < -0.39 is 0 Å². The monoisotopic (exact) mass is 418 g/mol. The lowest BCUT2D eigenvalue weighted by Gasteiger charge is -2.41. The Hall–Kier alpha value is -3.81. The maximum absolute atomic E-state index is 12.5. The normalized spacial score (nSPS) is 19.6. The number of nitro benzene ring substituents is 1. The first-order valence-electron chi connectivity index (χ1n) is 10.2. The van der Waals surface area contributed by atoms with Crippen molar-refractivity contribution >= 4 is 28.7 Å². The summed E-state index contributed by atoms with van der Waals surface area (Å²) in [6.07, 6.45) is 4.46. The standard InChI is InChI=1S/C23H22N4O4/c1-25-19-5-3-2-4-18(19)21-12-16(24-23(28)15-9-11-31-14-15)8-10-26(21)20-7-6-17(27(29)30)13-22(20)25/h2-7,9,11,13-14,16,21H,8,10,12H2,1H3,(H,24,28). The minimum absolute atomic E-state index is 0.0154. The zero-order valence-corrected chi connectivity index (χ0v) is 17.0. The van der Waals surface area contributed by atoms with Crippen LogP contribution < -0.4 is 15.1 Å². The Kier molecular flexibility index (Phi) is 4.62. The number of carbonyl (C=O) groups is 1. The molecule has 1 amide bonds. The fourth-order valence-corrected chi connectivity index (χ4v) is 4.68. The second-order valence-electron chi connectivity index (χ2n) is 7.96. The summed E-state index contributed by atoms with van der Waals surface area (Å²) >= 11 is 0. The van der Waals surface area contributed by atoms with Gasteiger partial charge in [0.1, 0.15) is 6.26 Å². The lowest BCUT2D eigenvalue weighted by Crippen LogP contribution is -2.46. The molecule has 2 atom stereocenters. The SMILES string of the molecule is CN1c2ccccc2C2CC(NC(=O)c3ccoc3)CCN2c2ccc([N+](=O)[O-])cc21. The first kappa shape index (κ1) is 19.2. The molecule has 1 aromatic heterocycles. The minimum atomic E-state index is -0.361. The number of hydrogen-bond donors (Lipinski definition) is 1. The summed E-state index contributed by atoms with van der Waals surface area (Å²) < 4.78 is 5.03. The van der Waals surface area contributed by atoms with E-state index in [2.05, 4.69) is 16.3 Å². The number of nitrogens with zero attached hydrogens (tertiary/aromatic N) is 3. The quantitative estimate of drug-likeness (QED) is 0.500. The largest absolute Gasteiger partial charge is 0.472 e. The predicted octanol–water partition coefficient (Wildman–Crippen LogP) is 4.41. The molecule has 2 unspecified atom stereocenters. The number of non-ortho nitro benzene ring substituents is 1. The van der Waals surface area contributed by atoms with Crippen molar-refractivity contribution in [1.82, 2.24) is 5.32 Å². The molecule has 0 radical (unpaired) electrons. The third-order valence-corrected chi connectivity index (χ3v) is 6.22. The van der Waals surface area contributed by atoms with Crippen molar-refractivity contribution in [3.8, 4) is 0 Å². The van der Waals surface area contributed by atoms with Gasteiger partial charge in [0.15, 0.2) is 0 Å². The number of fused-ring (bicyclic) bond motifs is 5. The fraction of sp³-hybridized carbons (Fsp3) is 0.261. The van der Waals surface area contributed by atoms with E-state index in [9.17, 15) is 14.9 Å². The van der Waals surface area contributed by atoms with Crippen LogP contribution in [0.25, 0.3) is 0 Å². The summed E-state index contributed by atoms with van der Waals surface area (Å²) in [6.45, 7) is 0.730. The van der Waals surface area contributed by atoms with Gasteiger partial charge in [-0.2, -0.15) is 0 Å². The highest BCUT2D eigenvalue weighted by Crippen LogP contribution is 2.48. The van der Waals surface area contributed by atoms with Crippen molar-refractivity contribution in [2.24, 2.45) is 0 Å². The molecule has 8 nitrogen and oxygen atoms in total. The smallest absolute Gasteiger partial charge is 0.271 e. The number of benzene rings is 2. The molecule has 8 heteroatoms. The van der Waals surface area contributed by atoms with Crippen LogP contribution in [0.2, 0.25) is 0 Å². The number of anilines is 3. The maximum atomic E-state index is 12.5. The first-order chi connectivity index (χ1) is 15.0. The zero-order valence-electron chi connectivity index (χ0n) is 17.0. The second-order valence-corrected chi connectivity index (χ2v) is 7.96. The van der Waals surface area contributed by atoms with Crippen LogP contribution in [0, 0.1) is 10.1 Å². The van der Waals surface area contributed by atoms with Crippen LogP contribution in [0.15, 0.2) is 65.5 Å². The van der Waals surface area contributed by atoms with Crippen molar-refractivity contribution in [3.05, 3.63) is 82.3 Å². The number of carbonyl (C=O) groups excluding carboxylic acids is 1. The number of rotatable bonds is 3. The molecule has 31 heavy (non-hydrogen) atoms. The zero-order chi connectivity index (χ0) is 21.5. The minimum Gasteiger partial charge on any atom is -0.472 e. The van der Waals surface area contributed by atoms with Gasteiger partial charge in [0.2, 0.25) is 0 Å². The number of nitro groups is 1. The molecular weight excluding hydrogens is 396 g/mol. The Morgan fingerprint density at radius 2 is 2.00 bits per heavy atom. The van der Waals surface area contributed by atoms with Crippen LogP contribution in [0.5, 0.6) is 0 Å². The van der Waals surface area contributed by atoms with E-state index in [0.717, 1.165) is 42.0 Å². The topological polar surface area (TPSA) is 91.9 Å². The van der Waals surface area contributed by atoms with E-state index >= 15 is 0 Å². The number of hydrogen-bond acceptors (Lipinski definition) is 6. The van der Waals surface area contributed by atoms with E-state index in [1.54, 1.807) is 18.2 Å². The highest BCUT2D eigenvalue weighted by Gasteiger charge is 2.36. The van der Waals surface area contributed by atoms with Crippen molar-refractivity contribution < 1.29 is 14.1 Å². The summed E-state index contributed by atoms with van der Waals surface area (Å²) in [7, 11) is 1.94. The van der Waals surface area contributed by atoms with Gasteiger partial charge in [0, 0.05) is 37.5 Å². The van der Waals surface area contributed by atoms with Crippen LogP contribution in [0.1, 0.15) is 34.8 Å². The molecule has 158 valence electrons. The molecule has 0 bridgehead atoms. The Bertz CT molecular complexity index is 1140. The molecule has 0 spiro atoms. The number of amides is 1. The molecule has 1 N–H and O–H groups in total.